The molecule has 2 aromatic carbocycles. The van der Waals surface area contributed by atoms with Crippen LogP contribution in [0.2, 0.25) is 0 Å². The number of para-hydroxylation sites is 1. The van der Waals surface area contributed by atoms with Crippen LogP contribution in [-0.2, 0) is 6.54 Å². The molecule has 3 rings (SSSR count). The smallest absolute Gasteiger partial charge is 0.231 e. The van der Waals surface area contributed by atoms with Crippen molar-refractivity contribution in [2.24, 2.45) is 0 Å². The van der Waals surface area contributed by atoms with Gasteiger partial charge in [0.25, 0.3) is 0 Å². The third kappa shape index (κ3) is 2.54. The number of fused-ring (bicyclic) bond motifs is 1. The van der Waals surface area contributed by atoms with Gasteiger partial charge in [-0.25, -0.2) is 0 Å². The van der Waals surface area contributed by atoms with Crippen LogP contribution < -0.4 is 14.8 Å². The number of hydrogen-bond donors (Lipinski definition) is 1. The number of benzene rings is 2. The van der Waals surface area contributed by atoms with Gasteiger partial charge in [0.15, 0.2) is 11.5 Å². The highest BCUT2D eigenvalue weighted by atomic mass is 79.9. The summed E-state index contributed by atoms with van der Waals surface area (Å²) in [6.45, 7) is 3.13. The van der Waals surface area contributed by atoms with Crippen molar-refractivity contribution in [2.75, 3.05) is 12.1 Å². The lowest BCUT2D eigenvalue weighted by Crippen LogP contribution is -2.01. The number of hydrogen-bond acceptors (Lipinski definition) is 3. The molecule has 0 saturated carbocycles. The maximum Gasteiger partial charge on any atom is 0.231 e. The normalized spacial score (nSPS) is 12.5. The monoisotopic (exact) mass is 319 g/mol. The molecular formula is C15H14BrNO2. The van der Waals surface area contributed by atoms with E-state index in [0.29, 0.717) is 6.79 Å². The zero-order valence-corrected chi connectivity index (χ0v) is 12.2. The SMILES string of the molecule is Cc1ccccc1NCc1cc2c(cc1Br)OCO2. The second-order valence-electron chi connectivity index (χ2n) is 4.47. The van der Waals surface area contributed by atoms with Gasteiger partial charge in [-0.15, -0.1) is 0 Å². The number of ether oxygens (including phenoxy) is 2. The Balaban J connectivity index is 1.79. The number of rotatable bonds is 3. The van der Waals surface area contributed by atoms with Crippen LogP contribution in [0, 0.1) is 6.92 Å². The van der Waals surface area contributed by atoms with Gasteiger partial charge in [0.05, 0.1) is 0 Å². The standard InChI is InChI=1S/C15H14BrNO2/c1-10-4-2-3-5-13(10)17-8-11-6-14-15(7-12(11)16)19-9-18-14/h2-7,17H,8-9H2,1H3. The number of halogens is 1. The predicted molar refractivity (Wildman–Crippen MR) is 78.8 cm³/mol. The van der Waals surface area contributed by atoms with Crippen LogP contribution in [-0.4, -0.2) is 6.79 Å². The van der Waals surface area contributed by atoms with E-state index in [1.165, 1.54) is 5.56 Å². The minimum Gasteiger partial charge on any atom is -0.454 e. The highest BCUT2D eigenvalue weighted by Crippen LogP contribution is 2.37. The topological polar surface area (TPSA) is 30.5 Å². The van der Waals surface area contributed by atoms with Crippen molar-refractivity contribution in [3.05, 3.63) is 52.0 Å². The van der Waals surface area contributed by atoms with E-state index in [9.17, 15) is 0 Å². The summed E-state index contributed by atoms with van der Waals surface area (Å²) >= 11 is 3.57. The maximum atomic E-state index is 5.40. The van der Waals surface area contributed by atoms with Crippen molar-refractivity contribution in [2.45, 2.75) is 13.5 Å². The Bertz CT molecular complexity index is 613. The van der Waals surface area contributed by atoms with Crippen LogP contribution in [0.15, 0.2) is 40.9 Å². The van der Waals surface area contributed by atoms with Gasteiger partial charge in [-0.05, 0) is 36.2 Å². The lowest BCUT2D eigenvalue weighted by molar-refractivity contribution is 0.174. The van der Waals surface area contributed by atoms with Gasteiger partial charge in [0, 0.05) is 16.7 Å². The molecular weight excluding hydrogens is 306 g/mol. The molecule has 0 aromatic heterocycles. The summed E-state index contributed by atoms with van der Waals surface area (Å²) in [6, 6.07) is 12.2. The third-order valence-corrected chi connectivity index (χ3v) is 3.89. The van der Waals surface area contributed by atoms with Crippen LogP contribution in [0.25, 0.3) is 0 Å². The summed E-state index contributed by atoms with van der Waals surface area (Å²) in [5.74, 6) is 1.61. The molecule has 0 radical (unpaired) electrons. The summed E-state index contributed by atoms with van der Waals surface area (Å²) in [7, 11) is 0. The molecule has 19 heavy (non-hydrogen) atoms. The number of nitrogens with one attached hydrogen (secondary N) is 1. The van der Waals surface area contributed by atoms with E-state index in [2.05, 4.69) is 40.3 Å². The fraction of sp³-hybridized carbons (Fsp3) is 0.200. The summed E-state index contributed by atoms with van der Waals surface area (Å²) < 4.78 is 11.8. The first kappa shape index (κ1) is 12.4. The molecule has 1 N–H and O–H groups in total. The van der Waals surface area contributed by atoms with Gasteiger partial charge in [0.1, 0.15) is 0 Å². The van der Waals surface area contributed by atoms with Gasteiger partial charge in [-0.1, -0.05) is 34.1 Å². The maximum absolute atomic E-state index is 5.40. The molecule has 4 heteroatoms. The predicted octanol–water partition coefficient (Wildman–Crippen LogP) is 4.10. The van der Waals surface area contributed by atoms with Crippen LogP contribution in [0.3, 0.4) is 0 Å². The van der Waals surface area contributed by atoms with E-state index in [4.69, 9.17) is 9.47 Å². The summed E-state index contributed by atoms with van der Waals surface area (Å²) in [5.41, 5.74) is 3.53. The number of anilines is 1. The Morgan fingerprint density at radius 2 is 1.89 bits per heavy atom. The Labute approximate surface area is 120 Å². The summed E-state index contributed by atoms with van der Waals surface area (Å²) in [4.78, 5) is 0. The zero-order valence-electron chi connectivity index (χ0n) is 10.6. The molecule has 1 aliphatic rings. The summed E-state index contributed by atoms with van der Waals surface area (Å²) in [6.07, 6.45) is 0. The lowest BCUT2D eigenvalue weighted by Gasteiger charge is -2.11. The van der Waals surface area contributed by atoms with Crippen molar-refractivity contribution in [3.63, 3.8) is 0 Å². The second kappa shape index (κ2) is 5.13. The molecule has 0 aliphatic carbocycles. The second-order valence-corrected chi connectivity index (χ2v) is 5.32. The Kier molecular flexibility index (Phi) is 3.34. The quantitative estimate of drug-likeness (QED) is 0.924. The van der Waals surface area contributed by atoms with Gasteiger partial charge in [-0.2, -0.15) is 0 Å². The average molecular weight is 320 g/mol. The largest absolute Gasteiger partial charge is 0.454 e. The molecule has 1 heterocycles. The Morgan fingerprint density at radius 3 is 2.68 bits per heavy atom. The Morgan fingerprint density at radius 1 is 1.16 bits per heavy atom. The molecule has 1 aliphatic heterocycles. The van der Waals surface area contributed by atoms with Crippen LogP contribution in [0.4, 0.5) is 5.69 Å². The lowest BCUT2D eigenvalue weighted by atomic mass is 10.1. The molecule has 0 atom stereocenters. The third-order valence-electron chi connectivity index (χ3n) is 3.16. The van der Waals surface area contributed by atoms with Crippen molar-refractivity contribution < 1.29 is 9.47 Å². The van der Waals surface area contributed by atoms with E-state index in [-0.39, 0.29) is 0 Å². The van der Waals surface area contributed by atoms with Crippen molar-refractivity contribution in [1.82, 2.24) is 0 Å². The van der Waals surface area contributed by atoms with E-state index < -0.39 is 0 Å². The minimum absolute atomic E-state index is 0.302. The molecule has 0 fully saturated rings. The molecule has 0 bridgehead atoms. The number of aryl methyl sites for hydroxylation is 1. The molecule has 2 aromatic rings. The average Bonchev–Trinajstić information content (AvgIpc) is 2.84. The molecule has 3 nitrogen and oxygen atoms in total. The van der Waals surface area contributed by atoms with E-state index in [0.717, 1.165) is 33.8 Å². The zero-order chi connectivity index (χ0) is 13.2. The Hall–Kier alpha value is -1.68. The van der Waals surface area contributed by atoms with Crippen LogP contribution in [0.1, 0.15) is 11.1 Å². The first-order valence-electron chi connectivity index (χ1n) is 6.11. The van der Waals surface area contributed by atoms with Gasteiger partial charge in [-0.3, -0.25) is 0 Å². The van der Waals surface area contributed by atoms with Gasteiger partial charge in [0.2, 0.25) is 6.79 Å². The van der Waals surface area contributed by atoms with E-state index in [1.807, 2.05) is 24.3 Å². The minimum atomic E-state index is 0.302. The molecule has 0 saturated heterocycles. The first-order valence-corrected chi connectivity index (χ1v) is 6.91. The molecule has 0 amide bonds. The van der Waals surface area contributed by atoms with E-state index in [1.54, 1.807) is 0 Å². The van der Waals surface area contributed by atoms with Crippen LogP contribution >= 0.6 is 15.9 Å². The fourth-order valence-electron chi connectivity index (χ4n) is 2.06. The fourth-order valence-corrected chi connectivity index (χ4v) is 2.52. The highest BCUT2D eigenvalue weighted by molar-refractivity contribution is 9.10. The first-order chi connectivity index (χ1) is 9.24. The van der Waals surface area contributed by atoms with E-state index >= 15 is 0 Å². The van der Waals surface area contributed by atoms with Crippen molar-refractivity contribution in [3.8, 4) is 11.5 Å². The van der Waals surface area contributed by atoms with Gasteiger partial charge >= 0.3 is 0 Å². The molecule has 98 valence electrons. The van der Waals surface area contributed by atoms with Crippen molar-refractivity contribution in [1.29, 1.82) is 0 Å². The molecule has 0 unspecified atom stereocenters. The molecule has 0 spiro atoms. The van der Waals surface area contributed by atoms with Crippen LogP contribution in [0.5, 0.6) is 11.5 Å². The highest BCUT2D eigenvalue weighted by Gasteiger charge is 2.16. The van der Waals surface area contributed by atoms with Crippen molar-refractivity contribution >= 4 is 21.6 Å². The summed E-state index contributed by atoms with van der Waals surface area (Å²) in [5, 5.41) is 3.43. The van der Waals surface area contributed by atoms with Gasteiger partial charge < -0.3 is 14.8 Å².